The third-order valence-electron chi connectivity index (χ3n) is 3.19. The van der Waals surface area contributed by atoms with Crippen molar-refractivity contribution in [2.75, 3.05) is 7.05 Å². The van der Waals surface area contributed by atoms with E-state index in [4.69, 9.17) is 0 Å². The van der Waals surface area contributed by atoms with E-state index in [9.17, 15) is 5.11 Å². The topological polar surface area (TPSA) is 23.5 Å². The minimum atomic E-state index is -0.215. The van der Waals surface area contributed by atoms with Crippen molar-refractivity contribution in [1.29, 1.82) is 0 Å². The second kappa shape index (κ2) is 4.43. The molecular formula is C11H23NO. The number of aliphatic hydroxyl groups excluding tert-OH is 1. The molecule has 0 radical (unpaired) electrons. The van der Waals surface area contributed by atoms with Crippen molar-refractivity contribution in [3.05, 3.63) is 0 Å². The summed E-state index contributed by atoms with van der Waals surface area (Å²) in [5.74, 6) is 1.48. The molecule has 0 amide bonds. The maximum absolute atomic E-state index is 9.76. The summed E-state index contributed by atoms with van der Waals surface area (Å²) in [6.45, 7) is 6.72. The first kappa shape index (κ1) is 11.0. The molecule has 1 heterocycles. The highest BCUT2D eigenvalue weighted by Crippen LogP contribution is 2.29. The Morgan fingerprint density at radius 1 is 1.38 bits per heavy atom. The zero-order valence-electron chi connectivity index (χ0n) is 9.33. The molecule has 1 saturated heterocycles. The maximum atomic E-state index is 9.76. The highest BCUT2D eigenvalue weighted by Gasteiger charge is 2.29. The molecule has 2 nitrogen and oxygen atoms in total. The fourth-order valence-corrected chi connectivity index (χ4v) is 2.36. The van der Waals surface area contributed by atoms with Gasteiger partial charge in [-0.15, -0.1) is 0 Å². The number of nitrogens with zero attached hydrogens (tertiary/aromatic N) is 1. The van der Waals surface area contributed by atoms with E-state index in [1.54, 1.807) is 0 Å². The molecule has 3 atom stereocenters. The fourth-order valence-electron chi connectivity index (χ4n) is 2.36. The second-order valence-electron chi connectivity index (χ2n) is 4.96. The number of hydrogen-bond acceptors (Lipinski definition) is 2. The van der Waals surface area contributed by atoms with E-state index in [1.807, 2.05) is 7.05 Å². The number of rotatable bonds is 2. The second-order valence-corrected chi connectivity index (χ2v) is 4.96. The number of hydrogen-bond donors (Lipinski definition) is 1. The summed E-state index contributed by atoms with van der Waals surface area (Å²) in [5, 5.41) is 9.76. The standard InChI is InChI=1S/C11H23NO/c1-8(2)5-10-6-9(3)12(4)11(13)7-10/h8-11,13H,5-7H2,1-4H3/t9-,10-,11-/m1/s1. The molecule has 0 aromatic heterocycles. The summed E-state index contributed by atoms with van der Waals surface area (Å²) in [5.41, 5.74) is 0. The molecule has 13 heavy (non-hydrogen) atoms. The Hall–Kier alpha value is -0.0800. The van der Waals surface area contributed by atoms with Crippen molar-refractivity contribution < 1.29 is 5.11 Å². The minimum absolute atomic E-state index is 0.215. The summed E-state index contributed by atoms with van der Waals surface area (Å²) >= 11 is 0. The van der Waals surface area contributed by atoms with E-state index >= 15 is 0 Å². The molecule has 1 rings (SSSR count). The lowest BCUT2D eigenvalue weighted by Gasteiger charge is -2.39. The van der Waals surface area contributed by atoms with Gasteiger partial charge in [0.25, 0.3) is 0 Å². The van der Waals surface area contributed by atoms with Crippen molar-refractivity contribution in [2.24, 2.45) is 11.8 Å². The van der Waals surface area contributed by atoms with Gasteiger partial charge < -0.3 is 5.11 Å². The van der Waals surface area contributed by atoms with Gasteiger partial charge in [0.05, 0.1) is 0 Å². The van der Waals surface area contributed by atoms with Gasteiger partial charge in [0.1, 0.15) is 6.23 Å². The van der Waals surface area contributed by atoms with Crippen molar-refractivity contribution >= 4 is 0 Å². The van der Waals surface area contributed by atoms with Gasteiger partial charge in [-0.3, -0.25) is 4.90 Å². The molecule has 2 heteroatoms. The van der Waals surface area contributed by atoms with E-state index in [2.05, 4.69) is 25.7 Å². The Morgan fingerprint density at radius 2 is 2.00 bits per heavy atom. The Balaban J connectivity index is 2.44. The fraction of sp³-hybridized carbons (Fsp3) is 1.00. The average Bonchev–Trinajstić information content (AvgIpc) is 1.98. The first-order chi connectivity index (χ1) is 6.00. The average molecular weight is 185 g/mol. The van der Waals surface area contributed by atoms with Crippen LogP contribution in [0, 0.1) is 11.8 Å². The number of aliphatic hydroxyl groups is 1. The molecule has 1 aliphatic rings. The van der Waals surface area contributed by atoms with Crippen LogP contribution in [0.4, 0.5) is 0 Å². The summed E-state index contributed by atoms with van der Waals surface area (Å²) in [7, 11) is 2.01. The van der Waals surface area contributed by atoms with Crippen LogP contribution in [0.5, 0.6) is 0 Å². The molecule has 0 aromatic carbocycles. The smallest absolute Gasteiger partial charge is 0.107 e. The van der Waals surface area contributed by atoms with Crippen LogP contribution in [0.3, 0.4) is 0 Å². The van der Waals surface area contributed by atoms with Gasteiger partial charge in [0, 0.05) is 6.04 Å². The number of piperidine rings is 1. The third kappa shape index (κ3) is 2.96. The molecule has 0 saturated carbocycles. The number of likely N-dealkylation sites (tertiary alicyclic amines) is 1. The first-order valence-corrected chi connectivity index (χ1v) is 5.40. The Labute approximate surface area is 81.9 Å². The highest BCUT2D eigenvalue weighted by atomic mass is 16.3. The van der Waals surface area contributed by atoms with Crippen LogP contribution in [0.2, 0.25) is 0 Å². The Bertz CT molecular complexity index is 146. The normalized spacial score (nSPS) is 36.9. The largest absolute Gasteiger partial charge is 0.378 e. The summed E-state index contributed by atoms with van der Waals surface area (Å²) in [6, 6.07) is 0.535. The SMILES string of the molecule is CC(C)C[C@@H]1C[C@@H](C)N(C)[C@H](O)C1. The summed E-state index contributed by atoms with van der Waals surface area (Å²) in [4.78, 5) is 2.08. The molecule has 0 bridgehead atoms. The van der Waals surface area contributed by atoms with E-state index in [1.165, 1.54) is 12.8 Å². The van der Waals surface area contributed by atoms with Gasteiger partial charge >= 0.3 is 0 Å². The van der Waals surface area contributed by atoms with Gasteiger partial charge in [-0.25, -0.2) is 0 Å². The lowest BCUT2D eigenvalue weighted by atomic mass is 9.85. The zero-order chi connectivity index (χ0) is 10.0. The molecule has 0 unspecified atom stereocenters. The van der Waals surface area contributed by atoms with E-state index in [0.29, 0.717) is 6.04 Å². The highest BCUT2D eigenvalue weighted by molar-refractivity contribution is 4.79. The summed E-state index contributed by atoms with van der Waals surface area (Å²) in [6.07, 6.45) is 3.24. The van der Waals surface area contributed by atoms with Gasteiger partial charge in [0.2, 0.25) is 0 Å². The molecule has 1 aliphatic heterocycles. The molecule has 1 N–H and O–H groups in total. The predicted octanol–water partition coefficient (Wildman–Crippen LogP) is 2.08. The van der Waals surface area contributed by atoms with Crippen molar-refractivity contribution in [3.63, 3.8) is 0 Å². The van der Waals surface area contributed by atoms with Crippen LogP contribution in [-0.2, 0) is 0 Å². The van der Waals surface area contributed by atoms with Gasteiger partial charge in [-0.2, -0.15) is 0 Å². The van der Waals surface area contributed by atoms with Crippen LogP contribution in [0.1, 0.15) is 40.0 Å². The maximum Gasteiger partial charge on any atom is 0.107 e. The Kier molecular flexibility index (Phi) is 3.74. The third-order valence-corrected chi connectivity index (χ3v) is 3.19. The van der Waals surface area contributed by atoms with Crippen LogP contribution in [0.15, 0.2) is 0 Å². The lowest BCUT2D eigenvalue weighted by Crippen LogP contribution is -2.45. The van der Waals surface area contributed by atoms with Gasteiger partial charge in [-0.1, -0.05) is 13.8 Å². The molecule has 0 aromatic rings. The van der Waals surface area contributed by atoms with Crippen LogP contribution >= 0.6 is 0 Å². The van der Waals surface area contributed by atoms with E-state index in [-0.39, 0.29) is 6.23 Å². The molecular weight excluding hydrogens is 162 g/mol. The van der Waals surface area contributed by atoms with Crippen LogP contribution in [-0.4, -0.2) is 29.3 Å². The predicted molar refractivity (Wildman–Crippen MR) is 55.4 cm³/mol. The van der Waals surface area contributed by atoms with Crippen molar-refractivity contribution in [3.8, 4) is 0 Å². The molecule has 0 aliphatic carbocycles. The van der Waals surface area contributed by atoms with Crippen molar-refractivity contribution in [2.45, 2.75) is 52.3 Å². The van der Waals surface area contributed by atoms with Gasteiger partial charge in [0.15, 0.2) is 0 Å². The molecule has 0 spiro atoms. The van der Waals surface area contributed by atoms with Crippen LogP contribution < -0.4 is 0 Å². The van der Waals surface area contributed by atoms with E-state index in [0.717, 1.165) is 18.3 Å². The van der Waals surface area contributed by atoms with Crippen LogP contribution in [0.25, 0.3) is 0 Å². The zero-order valence-corrected chi connectivity index (χ0v) is 9.33. The minimum Gasteiger partial charge on any atom is -0.378 e. The molecule has 1 fully saturated rings. The Morgan fingerprint density at radius 3 is 2.46 bits per heavy atom. The quantitative estimate of drug-likeness (QED) is 0.712. The summed E-state index contributed by atoms with van der Waals surface area (Å²) < 4.78 is 0. The molecule has 78 valence electrons. The van der Waals surface area contributed by atoms with Crippen molar-refractivity contribution in [1.82, 2.24) is 4.90 Å². The van der Waals surface area contributed by atoms with Gasteiger partial charge in [-0.05, 0) is 45.1 Å². The van der Waals surface area contributed by atoms with E-state index < -0.39 is 0 Å². The first-order valence-electron chi connectivity index (χ1n) is 5.40. The lowest BCUT2D eigenvalue weighted by molar-refractivity contribution is -0.0564. The monoisotopic (exact) mass is 185 g/mol.